The highest BCUT2D eigenvalue weighted by atomic mass is 35.5. The van der Waals surface area contributed by atoms with Crippen molar-refractivity contribution in [2.75, 3.05) is 50.0 Å². The van der Waals surface area contributed by atoms with Crippen molar-refractivity contribution in [1.29, 1.82) is 0 Å². The number of amides is 2. The van der Waals surface area contributed by atoms with Crippen molar-refractivity contribution in [1.82, 2.24) is 9.88 Å². The lowest BCUT2D eigenvalue weighted by atomic mass is 10.1. The van der Waals surface area contributed by atoms with Crippen LogP contribution in [-0.4, -0.2) is 61.7 Å². The van der Waals surface area contributed by atoms with Crippen LogP contribution in [-0.2, 0) is 6.54 Å². The van der Waals surface area contributed by atoms with Crippen LogP contribution in [0.15, 0.2) is 59.7 Å². The van der Waals surface area contributed by atoms with Crippen LogP contribution in [0.4, 0.5) is 16.2 Å². The topological polar surface area (TPSA) is 112 Å². The van der Waals surface area contributed by atoms with Gasteiger partial charge in [-0.05, 0) is 60.9 Å². The zero-order valence-corrected chi connectivity index (χ0v) is 22.9. The molecule has 0 spiro atoms. The molecule has 3 aromatic rings. The molecule has 2 amide bonds. The number of benzene rings is 2. The molecule has 2 heterocycles. The fourth-order valence-corrected chi connectivity index (χ4v) is 4.30. The monoisotopic (exact) mass is 552 g/mol. The summed E-state index contributed by atoms with van der Waals surface area (Å²) in [6, 6.07) is 14.1. The van der Waals surface area contributed by atoms with E-state index in [0.29, 0.717) is 48.5 Å². The van der Waals surface area contributed by atoms with E-state index in [9.17, 15) is 9.90 Å². The van der Waals surface area contributed by atoms with Crippen LogP contribution in [0.5, 0.6) is 23.1 Å². The summed E-state index contributed by atoms with van der Waals surface area (Å²) < 4.78 is 16.7. The highest BCUT2D eigenvalue weighted by molar-refractivity contribution is 6.18. The summed E-state index contributed by atoms with van der Waals surface area (Å²) in [5.74, 6) is 2.55. The summed E-state index contributed by atoms with van der Waals surface area (Å²) in [5.41, 5.74) is 3.12. The molecule has 1 aromatic heterocycles. The van der Waals surface area contributed by atoms with Crippen molar-refractivity contribution in [2.24, 2.45) is 4.99 Å². The smallest absolute Gasteiger partial charge is 0.324 e. The number of aliphatic imine (C=N–C) groups is 1. The second-order valence-corrected chi connectivity index (χ2v) is 9.21. The van der Waals surface area contributed by atoms with Gasteiger partial charge in [-0.25, -0.2) is 9.78 Å². The number of hydrogen-bond acceptors (Lipinski definition) is 7. The van der Waals surface area contributed by atoms with Gasteiger partial charge >= 0.3 is 6.03 Å². The first-order valence-corrected chi connectivity index (χ1v) is 13.0. The minimum Gasteiger partial charge on any atom is -0.846 e. The van der Waals surface area contributed by atoms with Gasteiger partial charge in [0.1, 0.15) is 5.75 Å². The minimum absolute atomic E-state index is 0.0545. The Morgan fingerprint density at radius 1 is 1.08 bits per heavy atom. The normalized spacial score (nSPS) is 13.8. The van der Waals surface area contributed by atoms with E-state index in [1.54, 1.807) is 31.3 Å². The summed E-state index contributed by atoms with van der Waals surface area (Å²) in [6.07, 6.45) is 2.34. The largest absolute Gasteiger partial charge is 0.846 e. The molecule has 39 heavy (non-hydrogen) atoms. The summed E-state index contributed by atoms with van der Waals surface area (Å²) in [7, 11) is 3.19. The number of anilines is 2. The molecule has 206 valence electrons. The number of rotatable bonds is 10. The van der Waals surface area contributed by atoms with E-state index >= 15 is 0 Å². The van der Waals surface area contributed by atoms with Crippen molar-refractivity contribution >= 4 is 35.0 Å². The van der Waals surface area contributed by atoms with Crippen molar-refractivity contribution in [3.8, 4) is 23.1 Å². The van der Waals surface area contributed by atoms with E-state index in [1.807, 2.05) is 48.2 Å². The van der Waals surface area contributed by atoms with Crippen LogP contribution in [0.1, 0.15) is 17.5 Å². The average molecular weight is 553 g/mol. The molecule has 0 radical (unpaired) electrons. The number of amidine groups is 1. The molecular weight excluding hydrogens is 522 g/mol. The highest BCUT2D eigenvalue weighted by Crippen LogP contribution is 2.31. The number of halogens is 1. The fraction of sp³-hybridized carbons (Fsp3) is 0.321. The molecule has 0 bridgehead atoms. The van der Waals surface area contributed by atoms with Gasteiger partial charge in [0.15, 0.2) is 11.5 Å². The SMILES string of the molecule is COc1ccc(CN2CCCN(c3ccc(Oc4ccc(NC([O-])=NCCCl)cn4)c(C)c3)C2=O)cc1OC. The molecule has 0 saturated carbocycles. The quantitative estimate of drug-likeness (QED) is 0.225. The Kier molecular flexibility index (Phi) is 9.32. The maximum atomic E-state index is 13.4. The second-order valence-electron chi connectivity index (χ2n) is 8.84. The number of carbonyl (C=O) groups is 1. The first-order chi connectivity index (χ1) is 18.9. The van der Waals surface area contributed by atoms with Gasteiger partial charge in [0.05, 0.1) is 38.7 Å². The number of alkyl halides is 1. The van der Waals surface area contributed by atoms with Gasteiger partial charge in [-0.1, -0.05) is 6.07 Å². The molecule has 1 fully saturated rings. The second kappa shape index (κ2) is 13.1. The van der Waals surface area contributed by atoms with Crippen LogP contribution in [0.25, 0.3) is 0 Å². The Morgan fingerprint density at radius 3 is 2.56 bits per heavy atom. The summed E-state index contributed by atoms with van der Waals surface area (Å²) in [5, 5.41) is 14.3. The van der Waals surface area contributed by atoms with E-state index in [0.717, 1.165) is 23.2 Å². The average Bonchev–Trinajstić information content (AvgIpc) is 2.95. The fourth-order valence-electron chi connectivity index (χ4n) is 4.22. The maximum Gasteiger partial charge on any atom is 0.324 e. The standard InChI is InChI=1S/C28H32ClN5O5/c1-19-15-22(7-9-23(19)39-26-10-6-21(17-31-26)32-27(35)30-12-11-29)34-14-4-13-33(28(34)36)18-20-5-8-24(37-2)25(16-20)38-3/h5-10,15-17H,4,11-14,18H2,1-3H3,(H2,30,32,35)/p-1. The predicted octanol–water partition coefficient (Wildman–Crippen LogP) is 4.40. The van der Waals surface area contributed by atoms with Crippen LogP contribution in [0.2, 0.25) is 0 Å². The van der Waals surface area contributed by atoms with Crippen molar-refractivity contribution in [3.05, 3.63) is 65.9 Å². The maximum absolute atomic E-state index is 13.4. The van der Waals surface area contributed by atoms with E-state index in [4.69, 9.17) is 25.8 Å². The van der Waals surface area contributed by atoms with Gasteiger partial charge in [-0.3, -0.25) is 9.89 Å². The molecule has 11 heteroatoms. The lowest BCUT2D eigenvalue weighted by Gasteiger charge is -2.36. The lowest BCUT2D eigenvalue weighted by Crippen LogP contribution is -2.49. The number of aromatic nitrogens is 1. The van der Waals surface area contributed by atoms with E-state index < -0.39 is 6.02 Å². The zero-order valence-electron chi connectivity index (χ0n) is 22.1. The van der Waals surface area contributed by atoms with E-state index in [-0.39, 0.29) is 18.5 Å². The first-order valence-electron chi connectivity index (χ1n) is 12.5. The third-order valence-corrected chi connectivity index (χ3v) is 6.31. The number of pyridine rings is 1. The Labute approximate surface area is 232 Å². The number of hydrogen-bond donors (Lipinski definition) is 1. The summed E-state index contributed by atoms with van der Waals surface area (Å²) in [6.45, 7) is 3.94. The molecular formula is C28H31ClN5O5-. The number of carbonyl (C=O) groups excluding carboxylic acids is 1. The number of ether oxygens (including phenoxy) is 3. The minimum atomic E-state index is -0.480. The molecule has 0 unspecified atom stereocenters. The van der Waals surface area contributed by atoms with Crippen LogP contribution < -0.4 is 29.5 Å². The number of methoxy groups -OCH3 is 2. The van der Waals surface area contributed by atoms with E-state index in [2.05, 4.69) is 15.3 Å². The first kappa shape index (κ1) is 27.8. The van der Waals surface area contributed by atoms with Crippen LogP contribution in [0.3, 0.4) is 0 Å². The zero-order chi connectivity index (χ0) is 27.8. The highest BCUT2D eigenvalue weighted by Gasteiger charge is 2.27. The Morgan fingerprint density at radius 2 is 1.87 bits per heavy atom. The van der Waals surface area contributed by atoms with Crippen molar-refractivity contribution in [2.45, 2.75) is 19.9 Å². The van der Waals surface area contributed by atoms with Crippen molar-refractivity contribution in [3.63, 3.8) is 0 Å². The molecule has 0 atom stereocenters. The van der Waals surface area contributed by atoms with Gasteiger partial charge in [-0.15, -0.1) is 11.6 Å². The van der Waals surface area contributed by atoms with Gasteiger partial charge in [-0.2, -0.15) is 0 Å². The molecule has 4 rings (SSSR count). The lowest BCUT2D eigenvalue weighted by molar-refractivity contribution is -0.214. The Balaban J connectivity index is 1.41. The third-order valence-electron chi connectivity index (χ3n) is 6.14. The molecule has 0 aliphatic carbocycles. The van der Waals surface area contributed by atoms with Crippen LogP contribution in [0, 0.1) is 6.92 Å². The van der Waals surface area contributed by atoms with Gasteiger partial charge in [0.25, 0.3) is 0 Å². The van der Waals surface area contributed by atoms with Gasteiger partial charge in [0, 0.05) is 37.3 Å². The van der Waals surface area contributed by atoms with Gasteiger partial charge in [0.2, 0.25) is 5.88 Å². The van der Waals surface area contributed by atoms with Crippen LogP contribution >= 0.6 is 11.6 Å². The molecule has 2 aromatic carbocycles. The summed E-state index contributed by atoms with van der Waals surface area (Å²) >= 11 is 5.54. The molecule has 1 aliphatic heterocycles. The molecule has 1 saturated heterocycles. The van der Waals surface area contributed by atoms with Gasteiger partial charge < -0.3 is 29.5 Å². The van der Waals surface area contributed by atoms with E-state index in [1.165, 1.54) is 6.20 Å². The number of aryl methyl sites for hydroxylation is 1. The van der Waals surface area contributed by atoms with Crippen molar-refractivity contribution < 1.29 is 24.1 Å². The molecule has 10 nitrogen and oxygen atoms in total. The molecule has 1 aliphatic rings. The Hall–Kier alpha value is -4.18. The third kappa shape index (κ3) is 7.02. The summed E-state index contributed by atoms with van der Waals surface area (Å²) in [4.78, 5) is 25.0. The number of urea groups is 1. The Bertz CT molecular complexity index is 1320. The number of nitrogens with zero attached hydrogens (tertiary/aromatic N) is 4. The molecule has 1 N–H and O–H groups in total. The number of nitrogens with one attached hydrogen (secondary N) is 1. The predicted molar refractivity (Wildman–Crippen MR) is 149 cm³/mol.